The summed E-state index contributed by atoms with van der Waals surface area (Å²) in [5.41, 5.74) is 0. The molecule has 2 fully saturated rings. The third kappa shape index (κ3) is 3.92. The normalized spacial score (nSPS) is 25.6. The van der Waals surface area contributed by atoms with Gasteiger partial charge in [-0.15, -0.1) is 0 Å². The zero-order chi connectivity index (χ0) is 15.4. The number of aliphatic hydroxyl groups is 1. The van der Waals surface area contributed by atoms with Gasteiger partial charge in [-0.05, 0) is 38.3 Å². The minimum Gasteiger partial charge on any atom is -0.465 e. The molecule has 0 bridgehead atoms. The van der Waals surface area contributed by atoms with Crippen molar-refractivity contribution in [3.05, 3.63) is 23.7 Å². The second kappa shape index (κ2) is 7.62. The maximum atomic E-state index is 9.45. The van der Waals surface area contributed by atoms with Gasteiger partial charge in [0.2, 0.25) is 0 Å². The standard InChI is InChI=1S/C18H30N2O2/c1-15-7-8-18(22-15)14-19-10-11-20(17(13-19)9-12-21)16-5-3-2-4-6-16/h7-8,16-17,21H,2-6,9-14H2,1H3/t17-/m0/s1. The monoisotopic (exact) mass is 306 g/mol. The molecule has 22 heavy (non-hydrogen) atoms. The maximum absolute atomic E-state index is 9.45. The molecule has 124 valence electrons. The molecule has 2 heterocycles. The van der Waals surface area contributed by atoms with E-state index in [2.05, 4.69) is 15.9 Å². The van der Waals surface area contributed by atoms with Gasteiger partial charge in [-0.25, -0.2) is 0 Å². The Balaban J connectivity index is 1.59. The highest BCUT2D eigenvalue weighted by molar-refractivity contribution is 5.05. The number of hydrogen-bond donors (Lipinski definition) is 1. The first-order valence-corrected chi connectivity index (χ1v) is 8.90. The fourth-order valence-electron chi connectivity index (χ4n) is 4.17. The molecule has 1 N–H and O–H groups in total. The van der Waals surface area contributed by atoms with Crippen molar-refractivity contribution >= 4 is 0 Å². The van der Waals surface area contributed by atoms with Crippen molar-refractivity contribution in [1.82, 2.24) is 9.80 Å². The Hall–Kier alpha value is -0.840. The number of piperazine rings is 1. The summed E-state index contributed by atoms with van der Waals surface area (Å²) in [6.07, 6.45) is 7.74. The highest BCUT2D eigenvalue weighted by Crippen LogP contribution is 2.27. The van der Waals surface area contributed by atoms with Gasteiger partial charge in [0.05, 0.1) is 6.54 Å². The molecular weight excluding hydrogens is 276 g/mol. The number of hydrogen-bond acceptors (Lipinski definition) is 4. The quantitative estimate of drug-likeness (QED) is 0.908. The zero-order valence-electron chi connectivity index (χ0n) is 13.8. The predicted octanol–water partition coefficient (Wildman–Crippen LogP) is 2.79. The number of aliphatic hydroxyl groups excluding tert-OH is 1. The van der Waals surface area contributed by atoms with E-state index in [9.17, 15) is 5.11 Å². The molecule has 0 aromatic carbocycles. The Morgan fingerprint density at radius 2 is 2.00 bits per heavy atom. The molecule has 1 aromatic rings. The van der Waals surface area contributed by atoms with Gasteiger partial charge in [0, 0.05) is 38.3 Å². The molecule has 0 spiro atoms. The number of furan rings is 1. The Morgan fingerprint density at radius 1 is 1.18 bits per heavy atom. The van der Waals surface area contributed by atoms with Crippen LogP contribution in [0.4, 0.5) is 0 Å². The van der Waals surface area contributed by atoms with Gasteiger partial charge in [-0.3, -0.25) is 9.80 Å². The minimum atomic E-state index is 0.293. The topological polar surface area (TPSA) is 39.9 Å². The molecule has 0 amide bonds. The second-order valence-electron chi connectivity index (χ2n) is 6.94. The van der Waals surface area contributed by atoms with Crippen LogP contribution in [-0.4, -0.2) is 53.2 Å². The summed E-state index contributed by atoms with van der Waals surface area (Å²) in [4.78, 5) is 5.18. The Kier molecular flexibility index (Phi) is 5.55. The van der Waals surface area contributed by atoms with Crippen molar-refractivity contribution in [3.63, 3.8) is 0 Å². The lowest BCUT2D eigenvalue weighted by atomic mass is 9.92. The summed E-state index contributed by atoms with van der Waals surface area (Å²) in [5, 5.41) is 9.45. The largest absolute Gasteiger partial charge is 0.465 e. The Bertz CT molecular complexity index is 454. The van der Waals surface area contributed by atoms with E-state index in [-0.39, 0.29) is 0 Å². The van der Waals surface area contributed by atoms with E-state index < -0.39 is 0 Å². The van der Waals surface area contributed by atoms with Gasteiger partial charge in [-0.2, -0.15) is 0 Å². The van der Waals surface area contributed by atoms with E-state index in [0.717, 1.165) is 50.2 Å². The molecule has 1 atom stereocenters. The van der Waals surface area contributed by atoms with Crippen LogP contribution < -0.4 is 0 Å². The highest BCUT2D eigenvalue weighted by Gasteiger charge is 2.32. The average molecular weight is 306 g/mol. The summed E-state index contributed by atoms with van der Waals surface area (Å²) < 4.78 is 5.72. The summed E-state index contributed by atoms with van der Waals surface area (Å²) in [5.74, 6) is 2.05. The molecule has 3 rings (SSSR count). The van der Waals surface area contributed by atoms with E-state index in [1.54, 1.807) is 0 Å². The van der Waals surface area contributed by atoms with Crippen LogP contribution in [0.5, 0.6) is 0 Å². The summed E-state index contributed by atoms with van der Waals surface area (Å²) in [7, 11) is 0. The fraction of sp³-hybridized carbons (Fsp3) is 0.778. The van der Waals surface area contributed by atoms with E-state index in [0.29, 0.717) is 12.6 Å². The van der Waals surface area contributed by atoms with Gasteiger partial charge in [0.1, 0.15) is 11.5 Å². The van der Waals surface area contributed by atoms with E-state index in [1.807, 2.05) is 13.0 Å². The first-order valence-electron chi connectivity index (χ1n) is 8.90. The van der Waals surface area contributed by atoms with Gasteiger partial charge < -0.3 is 9.52 Å². The number of aryl methyl sites for hydroxylation is 1. The van der Waals surface area contributed by atoms with Crippen LogP contribution in [0.25, 0.3) is 0 Å². The Morgan fingerprint density at radius 3 is 2.68 bits per heavy atom. The maximum Gasteiger partial charge on any atom is 0.118 e. The lowest BCUT2D eigenvalue weighted by Gasteiger charge is -2.46. The molecule has 4 nitrogen and oxygen atoms in total. The zero-order valence-corrected chi connectivity index (χ0v) is 13.8. The summed E-state index contributed by atoms with van der Waals surface area (Å²) in [6.45, 7) is 6.49. The van der Waals surface area contributed by atoms with E-state index in [1.165, 1.54) is 32.1 Å². The minimum absolute atomic E-state index is 0.293. The summed E-state index contributed by atoms with van der Waals surface area (Å²) in [6, 6.07) is 5.37. The molecular formula is C18H30N2O2. The van der Waals surface area contributed by atoms with Crippen LogP contribution in [-0.2, 0) is 6.54 Å². The molecule has 1 aromatic heterocycles. The third-order valence-corrected chi connectivity index (χ3v) is 5.29. The van der Waals surface area contributed by atoms with Crippen molar-refractivity contribution in [2.24, 2.45) is 0 Å². The van der Waals surface area contributed by atoms with Crippen molar-refractivity contribution in [3.8, 4) is 0 Å². The lowest BCUT2D eigenvalue weighted by Crippen LogP contribution is -2.56. The van der Waals surface area contributed by atoms with Crippen molar-refractivity contribution in [2.45, 2.75) is 64.1 Å². The molecule has 2 aliphatic rings. The van der Waals surface area contributed by atoms with Crippen LogP contribution in [0.1, 0.15) is 50.0 Å². The van der Waals surface area contributed by atoms with Crippen LogP contribution in [0, 0.1) is 6.92 Å². The van der Waals surface area contributed by atoms with Gasteiger partial charge >= 0.3 is 0 Å². The second-order valence-corrected chi connectivity index (χ2v) is 6.94. The number of nitrogens with zero attached hydrogens (tertiary/aromatic N) is 2. The van der Waals surface area contributed by atoms with Crippen LogP contribution in [0.15, 0.2) is 16.5 Å². The third-order valence-electron chi connectivity index (χ3n) is 5.29. The van der Waals surface area contributed by atoms with Crippen molar-refractivity contribution in [1.29, 1.82) is 0 Å². The van der Waals surface area contributed by atoms with Crippen LogP contribution in [0.2, 0.25) is 0 Å². The smallest absolute Gasteiger partial charge is 0.118 e. The van der Waals surface area contributed by atoms with Gasteiger partial charge in [0.25, 0.3) is 0 Å². The van der Waals surface area contributed by atoms with E-state index >= 15 is 0 Å². The first kappa shape index (κ1) is 16.0. The molecule has 1 aliphatic heterocycles. The van der Waals surface area contributed by atoms with Crippen LogP contribution >= 0.6 is 0 Å². The summed E-state index contributed by atoms with van der Waals surface area (Å²) >= 11 is 0. The molecule has 4 heteroatoms. The van der Waals surface area contributed by atoms with Gasteiger partial charge in [-0.1, -0.05) is 19.3 Å². The van der Waals surface area contributed by atoms with Crippen molar-refractivity contribution in [2.75, 3.05) is 26.2 Å². The average Bonchev–Trinajstić information content (AvgIpc) is 2.94. The molecule has 0 radical (unpaired) electrons. The molecule has 1 saturated carbocycles. The van der Waals surface area contributed by atoms with E-state index in [4.69, 9.17) is 4.42 Å². The predicted molar refractivity (Wildman–Crippen MR) is 87.8 cm³/mol. The lowest BCUT2D eigenvalue weighted by molar-refractivity contribution is 0.0116. The Labute approximate surface area is 134 Å². The molecule has 1 saturated heterocycles. The fourth-order valence-corrected chi connectivity index (χ4v) is 4.17. The highest BCUT2D eigenvalue weighted by atomic mass is 16.3. The molecule has 0 unspecified atom stereocenters. The molecule has 1 aliphatic carbocycles. The van der Waals surface area contributed by atoms with Crippen LogP contribution in [0.3, 0.4) is 0 Å². The SMILES string of the molecule is Cc1ccc(CN2CCN(C3CCCCC3)[C@@H](CCO)C2)o1. The number of rotatable bonds is 5. The van der Waals surface area contributed by atoms with Gasteiger partial charge in [0.15, 0.2) is 0 Å². The van der Waals surface area contributed by atoms with Crippen molar-refractivity contribution < 1.29 is 9.52 Å². The first-order chi connectivity index (χ1) is 10.8.